The molecule has 0 aliphatic heterocycles. The van der Waals surface area contributed by atoms with E-state index >= 15 is 0 Å². The van der Waals surface area contributed by atoms with E-state index in [2.05, 4.69) is 48.5 Å². The van der Waals surface area contributed by atoms with Crippen molar-refractivity contribution in [1.82, 2.24) is 0 Å². The third kappa shape index (κ3) is 3.58. The average Bonchev–Trinajstić information content (AvgIpc) is 2.82. The molecule has 0 spiro atoms. The Bertz CT molecular complexity index is 956. The molecule has 5 rings (SSSR count). The van der Waals surface area contributed by atoms with Crippen molar-refractivity contribution < 1.29 is 19.1 Å². The van der Waals surface area contributed by atoms with Crippen LogP contribution in [0.15, 0.2) is 0 Å². The van der Waals surface area contributed by atoms with Crippen LogP contribution in [0.25, 0.3) is 0 Å². The Morgan fingerprint density at radius 3 is 2.05 bits per heavy atom. The minimum atomic E-state index is -0.399. The molecule has 0 amide bonds. The number of carbonyl (C=O) groups is 2. The molecule has 0 aromatic rings. The number of methoxy groups -OCH3 is 1. The largest absolute Gasteiger partial charge is 0.469 e. The van der Waals surface area contributed by atoms with Crippen LogP contribution in [-0.2, 0) is 19.1 Å². The predicted molar refractivity (Wildman–Crippen MR) is 147 cm³/mol. The summed E-state index contributed by atoms with van der Waals surface area (Å²) >= 11 is 0. The Morgan fingerprint density at radius 2 is 1.41 bits per heavy atom. The topological polar surface area (TPSA) is 52.6 Å². The summed E-state index contributed by atoms with van der Waals surface area (Å²) in [6.45, 7) is 18.8. The summed E-state index contributed by atoms with van der Waals surface area (Å²) in [7, 11) is 1.64. The van der Waals surface area contributed by atoms with Crippen LogP contribution in [0.1, 0.15) is 126 Å². The van der Waals surface area contributed by atoms with Crippen molar-refractivity contribution >= 4 is 11.9 Å². The Hall–Kier alpha value is -1.06. The maximum absolute atomic E-state index is 14.3. The van der Waals surface area contributed by atoms with Gasteiger partial charge in [-0.15, -0.1) is 0 Å². The average molecular weight is 515 g/mol. The Kier molecular flexibility index (Phi) is 6.30. The van der Waals surface area contributed by atoms with Gasteiger partial charge >= 0.3 is 11.9 Å². The summed E-state index contributed by atoms with van der Waals surface area (Å²) in [6, 6.07) is 0. The fraction of sp³-hybridized carbons (Fsp3) is 0.939. The monoisotopic (exact) mass is 514 g/mol. The van der Waals surface area contributed by atoms with Crippen molar-refractivity contribution in [2.45, 2.75) is 132 Å². The molecule has 0 aromatic heterocycles. The van der Waals surface area contributed by atoms with Gasteiger partial charge in [0.15, 0.2) is 0 Å². The second-order valence-corrected chi connectivity index (χ2v) is 16.1. The molecule has 5 aliphatic carbocycles. The number of carbonyl (C=O) groups excluding carboxylic acids is 2. The van der Waals surface area contributed by atoms with E-state index in [9.17, 15) is 9.59 Å². The summed E-state index contributed by atoms with van der Waals surface area (Å²) in [5, 5.41) is 0. The van der Waals surface area contributed by atoms with Crippen molar-refractivity contribution in [3.63, 3.8) is 0 Å². The summed E-state index contributed by atoms with van der Waals surface area (Å²) in [5.74, 6) is 1.73. The van der Waals surface area contributed by atoms with E-state index in [0.717, 1.165) is 44.9 Å². The zero-order chi connectivity index (χ0) is 27.2. The molecule has 0 heterocycles. The van der Waals surface area contributed by atoms with Gasteiger partial charge < -0.3 is 9.47 Å². The zero-order valence-electron chi connectivity index (χ0n) is 25.3. The van der Waals surface area contributed by atoms with Gasteiger partial charge in [-0.3, -0.25) is 9.59 Å². The minimum absolute atomic E-state index is 0.0159. The van der Waals surface area contributed by atoms with Gasteiger partial charge in [-0.2, -0.15) is 0 Å². The number of hydrogen-bond acceptors (Lipinski definition) is 4. The van der Waals surface area contributed by atoms with Crippen LogP contribution in [0.5, 0.6) is 0 Å². The van der Waals surface area contributed by atoms with Gasteiger partial charge in [0.2, 0.25) is 0 Å². The molecule has 5 saturated carbocycles. The lowest BCUT2D eigenvalue weighted by atomic mass is 9.29. The Balaban J connectivity index is 1.58. The number of rotatable bonds is 2. The van der Waals surface area contributed by atoms with Crippen molar-refractivity contribution in [2.75, 3.05) is 7.11 Å². The third-order valence-electron chi connectivity index (χ3n) is 14.2. The Labute approximate surface area is 226 Å². The second-order valence-electron chi connectivity index (χ2n) is 16.1. The number of esters is 2. The Morgan fingerprint density at radius 1 is 0.730 bits per heavy atom. The highest BCUT2D eigenvalue weighted by Gasteiger charge is 2.75. The van der Waals surface area contributed by atoms with Crippen molar-refractivity contribution in [3.05, 3.63) is 0 Å². The molecule has 4 heteroatoms. The van der Waals surface area contributed by atoms with E-state index in [-0.39, 0.29) is 34.3 Å². The highest BCUT2D eigenvalue weighted by Crippen LogP contribution is 2.78. The van der Waals surface area contributed by atoms with Gasteiger partial charge in [0.25, 0.3) is 0 Å². The highest BCUT2D eigenvalue weighted by atomic mass is 16.5. The molecule has 5 fully saturated rings. The lowest BCUT2D eigenvalue weighted by Gasteiger charge is -2.74. The van der Waals surface area contributed by atoms with E-state index in [4.69, 9.17) is 9.47 Å². The molecule has 37 heavy (non-hydrogen) atoms. The molecule has 0 aromatic carbocycles. The quantitative estimate of drug-likeness (QED) is 0.351. The molecule has 4 nitrogen and oxygen atoms in total. The maximum Gasteiger partial charge on any atom is 0.312 e. The first kappa shape index (κ1) is 27.5. The molecule has 0 saturated heterocycles. The van der Waals surface area contributed by atoms with Gasteiger partial charge in [0.05, 0.1) is 12.5 Å². The predicted octanol–water partition coefficient (Wildman–Crippen LogP) is 7.97. The van der Waals surface area contributed by atoms with Crippen LogP contribution in [-0.4, -0.2) is 25.2 Å². The van der Waals surface area contributed by atoms with E-state index in [1.165, 1.54) is 25.7 Å². The molecule has 0 bridgehead atoms. The molecular formula is C33H54O4. The van der Waals surface area contributed by atoms with E-state index in [1.807, 2.05) is 0 Å². The SMILES string of the molecule is COC(=O)[C@]12CC[C@@]3(C)CCC(C)(C)C[C@H]3[C@]1(C)CC[C@@]1(C)[C@@H]3CC[C@H](OC(C)=O)[C@H](C)[C@@]3(C)CC[C@@H]12. The van der Waals surface area contributed by atoms with E-state index in [1.54, 1.807) is 14.0 Å². The van der Waals surface area contributed by atoms with Crippen LogP contribution >= 0.6 is 0 Å². The lowest BCUT2D eigenvalue weighted by Crippen LogP contribution is -2.71. The maximum atomic E-state index is 14.3. The van der Waals surface area contributed by atoms with Gasteiger partial charge in [-0.05, 0) is 121 Å². The molecule has 0 N–H and O–H groups in total. The smallest absolute Gasteiger partial charge is 0.312 e. The molecule has 5 aliphatic rings. The number of fused-ring (bicyclic) bond motifs is 7. The van der Waals surface area contributed by atoms with Crippen LogP contribution in [0, 0.1) is 56.2 Å². The fourth-order valence-electron chi connectivity index (χ4n) is 11.9. The van der Waals surface area contributed by atoms with Crippen LogP contribution in [0.3, 0.4) is 0 Å². The molecule has 0 radical (unpaired) electrons. The van der Waals surface area contributed by atoms with Crippen molar-refractivity contribution in [2.24, 2.45) is 56.2 Å². The second kappa shape index (κ2) is 8.47. The first-order chi connectivity index (χ1) is 17.1. The summed E-state index contributed by atoms with van der Waals surface area (Å²) in [6.07, 6.45) is 12.5. The van der Waals surface area contributed by atoms with E-state index < -0.39 is 5.41 Å². The van der Waals surface area contributed by atoms with Crippen molar-refractivity contribution in [1.29, 1.82) is 0 Å². The van der Waals surface area contributed by atoms with Crippen LogP contribution < -0.4 is 0 Å². The van der Waals surface area contributed by atoms with Gasteiger partial charge in [-0.25, -0.2) is 0 Å². The first-order valence-corrected chi connectivity index (χ1v) is 15.4. The fourth-order valence-corrected chi connectivity index (χ4v) is 11.9. The number of ether oxygens (including phenoxy) is 2. The summed E-state index contributed by atoms with van der Waals surface area (Å²) < 4.78 is 11.7. The molecule has 210 valence electrons. The summed E-state index contributed by atoms with van der Waals surface area (Å²) in [5.41, 5.74) is 0.476. The lowest BCUT2D eigenvalue weighted by molar-refractivity contribution is -0.270. The molecular weight excluding hydrogens is 460 g/mol. The third-order valence-corrected chi connectivity index (χ3v) is 14.2. The van der Waals surface area contributed by atoms with Gasteiger partial charge in [0, 0.05) is 6.92 Å². The van der Waals surface area contributed by atoms with Crippen LogP contribution in [0.4, 0.5) is 0 Å². The number of hydrogen-bond donors (Lipinski definition) is 0. The normalized spacial score (nSPS) is 52.5. The minimum Gasteiger partial charge on any atom is -0.469 e. The standard InChI is InChI=1S/C33H54O4/c1-21-23(37-22(2)34)10-11-24-30(21,6)13-12-25-31(24,7)17-18-32(8)26-20-28(3,4)14-15-29(26,5)16-19-33(25,32)27(35)36-9/h21,23-26H,10-20H2,1-9H3/t21-,23-,24+,25-,26+,29+,30+,31-,32-,33+/m0/s1. The zero-order valence-corrected chi connectivity index (χ0v) is 25.3. The van der Waals surface area contributed by atoms with Gasteiger partial charge in [0.1, 0.15) is 6.10 Å². The highest BCUT2D eigenvalue weighted by molar-refractivity contribution is 5.79. The van der Waals surface area contributed by atoms with E-state index in [0.29, 0.717) is 34.5 Å². The van der Waals surface area contributed by atoms with Gasteiger partial charge in [-0.1, -0.05) is 48.5 Å². The summed E-state index contributed by atoms with van der Waals surface area (Å²) in [4.78, 5) is 26.1. The first-order valence-electron chi connectivity index (χ1n) is 15.4. The molecule has 0 unspecified atom stereocenters. The van der Waals surface area contributed by atoms with Crippen molar-refractivity contribution in [3.8, 4) is 0 Å². The molecule has 10 atom stereocenters. The van der Waals surface area contributed by atoms with Crippen LogP contribution in [0.2, 0.25) is 0 Å².